The maximum atomic E-state index is 11.1. The molecular formula is C36H47N3O4S. The van der Waals surface area contributed by atoms with Gasteiger partial charge in [-0.05, 0) is 68.9 Å². The lowest BCUT2D eigenvalue weighted by Gasteiger charge is -2.32. The molecule has 0 amide bonds. The number of aliphatic hydroxyl groups is 1. The molecule has 0 saturated heterocycles. The van der Waals surface area contributed by atoms with E-state index in [4.69, 9.17) is 9.84 Å². The first-order valence-electron chi connectivity index (χ1n) is 15.1. The van der Waals surface area contributed by atoms with Crippen LogP contribution in [-0.4, -0.2) is 44.8 Å². The molecule has 0 aliphatic carbocycles. The zero-order valence-electron chi connectivity index (χ0n) is 26.7. The van der Waals surface area contributed by atoms with Crippen molar-refractivity contribution in [3.05, 3.63) is 93.7 Å². The van der Waals surface area contributed by atoms with Gasteiger partial charge >= 0.3 is 5.97 Å². The van der Waals surface area contributed by atoms with E-state index in [9.17, 15) is 9.90 Å². The molecule has 0 unspecified atom stereocenters. The number of terminal acetylenes is 1. The smallest absolute Gasteiger partial charge is 0.337 e. The minimum absolute atomic E-state index is 0.0861. The standard InChI is InChI=1S/C34H45N3O4S.C2H2/c1-6-10-26(11-7-2)27-14-16-30(17-15-27)37(24-34(4,5)40)21-25(8-3)12-9-13-29-23-42-32(36-29)22-41-31-18-28(33(38)39)19-35-20-31;1-2/h8-9,12,14-20,23,26,40H,6-7,10-11,13,21-22,24H2,1-5H3,(H,38,39);1-2H/b12-9-,25-8+;. The van der Waals surface area contributed by atoms with Crippen molar-refractivity contribution in [3.63, 3.8) is 0 Å². The average molecular weight is 618 g/mol. The Hall–Kier alpha value is -3.93. The van der Waals surface area contributed by atoms with Gasteiger partial charge in [-0.15, -0.1) is 24.2 Å². The third kappa shape index (κ3) is 12.4. The molecule has 2 aromatic heterocycles. The molecule has 0 atom stereocenters. The number of hydrogen-bond acceptors (Lipinski definition) is 7. The van der Waals surface area contributed by atoms with E-state index in [0.29, 0.717) is 31.2 Å². The molecule has 0 aliphatic heterocycles. The third-order valence-corrected chi connectivity index (χ3v) is 7.78. The second-order valence-corrected chi connectivity index (χ2v) is 12.2. The number of aromatic carboxylic acids is 1. The fourth-order valence-electron chi connectivity index (χ4n) is 4.90. The molecule has 0 spiro atoms. The predicted molar refractivity (Wildman–Crippen MR) is 182 cm³/mol. The number of anilines is 1. The highest BCUT2D eigenvalue weighted by atomic mass is 32.1. The van der Waals surface area contributed by atoms with E-state index >= 15 is 0 Å². The molecule has 2 heterocycles. The highest BCUT2D eigenvalue weighted by Crippen LogP contribution is 2.29. The summed E-state index contributed by atoms with van der Waals surface area (Å²) in [6, 6.07) is 10.4. The van der Waals surface area contributed by atoms with Gasteiger partial charge in [-0.25, -0.2) is 9.78 Å². The van der Waals surface area contributed by atoms with Gasteiger partial charge in [-0.1, -0.05) is 57.0 Å². The van der Waals surface area contributed by atoms with Crippen LogP contribution in [0, 0.1) is 12.8 Å². The Morgan fingerprint density at radius 2 is 1.82 bits per heavy atom. The van der Waals surface area contributed by atoms with Crippen molar-refractivity contribution >= 4 is 23.0 Å². The van der Waals surface area contributed by atoms with Crippen LogP contribution in [0.4, 0.5) is 5.69 Å². The molecule has 236 valence electrons. The predicted octanol–water partition coefficient (Wildman–Crippen LogP) is 8.07. The first kappa shape index (κ1) is 36.3. The number of allylic oxidation sites excluding steroid dienone is 2. The zero-order chi connectivity index (χ0) is 32.5. The SMILES string of the molecule is C#C.C/C=C(\C=C/Cc1csc(COc2cncc(C(=O)O)c2)n1)CN(CC(C)(C)O)c1ccc(C(CCC)CCC)cc1. The fourth-order valence-corrected chi connectivity index (χ4v) is 5.62. The Kier molecular flexibility index (Phi) is 15.4. The van der Waals surface area contributed by atoms with Gasteiger partial charge in [-0.2, -0.15) is 0 Å². The van der Waals surface area contributed by atoms with Crippen molar-refractivity contribution in [2.45, 2.75) is 84.8 Å². The van der Waals surface area contributed by atoms with Crippen LogP contribution in [0.3, 0.4) is 0 Å². The number of hydrogen-bond donors (Lipinski definition) is 2. The molecule has 0 saturated carbocycles. The third-order valence-electron chi connectivity index (χ3n) is 6.91. The minimum atomic E-state index is -1.04. The quantitative estimate of drug-likeness (QED) is 0.117. The van der Waals surface area contributed by atoms with Gasteiger partial charge in [0, 0.05) is 36.8 Å². The molecular weight excluding hydrogens is 570 g/mol. The molecule has 7 nitrogen and oxygen atoms in total. The summed E-state index contributed by atoms with van der Waals surface area (Å²) in [7, 11) is 0. The van der Waals surface area contributed by atoms with E-state index in [2.05, 4.69) is 84.1 Å². The summed E-state index contributed by atoms with van der Waals surface area (Å²) in [6.07, 6.45) is 22.6. The highest BCUT2D eigenvalue weighted by Gasteiger charge is 2.20. The lowest BCUT2D eigenvalue weighted by atomic mass is 9.90. The van der Waals surface area contributed by atoms with Crippen molar-refractivity contribution < 1.29 is 19.7 Å². The molecule has 3 rings (SSSR count). The molecule has 0 radical (unpaired) electrons. The van der Waals surface area contributed by atoms with Crippen molar-refractivity contribution in [1.29, 1.82) is 0 Å². The molecule has 2 N–H and O–H groups in total. The maximum Gasteiger partial charge on any atom is 0.337 e. The van der Waals surface area contributed by atoms with Crippen LogP contribution in [0.1, 0.15) is 92.8 Å². The molecule has 1 aromatic carbocycles. The maximum absolute atomic E-state index is 11.1. The van der Waals surface area contributed by atoms with Gasteiger partial charge in [-0.3, -0.25) is 4.98 Å². The number of benzene rings is 1. The first-order valence-corrected chi connectivity index (χ1v) is 16.0. The topological polar surface area (TPSA) is 95.8 Å². The Morgan fingerprint density at radius 1 is 1.14 bits per heavy atom. The van der Waals surface area contributed by atoms with E-state index in [-0.39, 0.29) is 12.2 Å². The van der Waals surface area contributed by atoms with Crippen molar-refractivity contribution in [3.8, 4) is 18.6 Å². The number of thiazole rings is 1. The highest BCUT2D eigenvalue weighted by molar-refractivity contribution is 7.09. The molecule has 3 aromatic rings. The van der Waals surface area contributed by atoms with E-state index < -0.39 is 11.6 Å². The van der Waals surface area contributed by atoms with Crippen LogP contribution < -0.4 is 9.64 Å². The van der Waals surface area contributed by atoms with Crippen LogP contribution in [0.5, 0.6) is 5.75 Å². The summed E-state index contributed by atoms with van der Waals surface area (Å²) < 4.78 is 5.70. The van der Waals surface area contributed by atoms with E-state index in [0.717, 1.165) is 22.0 Å². The normalized spacial score (nSPS) is 11.8. The Balaban J connectivity index is 0.00000330. The van der Waals surface area contributed by atoms with Crippen LogP contribution in [-0.2, 0) is 13.0 Å². The van der Waals surface area contributed by atoms with Gasteiger partial charge in [0.15, 0.2) is 0 Å². The summed E-state index contributed by atoms with van der Waals surface area (Å²) in [5, 5.41) is 22.6. The second-order valence-electron chi connectivity index (χ2n) is 11.2. The average Bonchev–Trinajstić information content (AvgIpc) is 3.47. The van der Waals surface area contributed by atoms with Gasteiger partial charge in [0.1, 0.15) is 17.4 Å². The minimum Gasteiger partial charge on any atom is -0.485 e. The summed E-state index contributed by atoms with van der Waals surface area (Å²) in [5.74, 6) is -0.0409. The number of rotatable bonds is 17. The molecule has 0 bridgehead atoms. The number of carbonyl (C=O) groups is 1. The Bertz CT molecular complexity index is 1360. The van der Waals surface area contributed by atoms with Crippen molar-refractivity contribution in [2.24, 2.45) is 0 Å². The van der Waals surface area contributed by atoms with Crippen LogP contribution in [0.25, 0.3) is 0 Å². The molecule has 0 aliphatic rings. The van der Waals surface area contributed by atoms with Crippen LogP contribution in [0.15, 0.2) is 71.9 Å². The van der Waals surface area contributed by atoms with E-state index in [1.807, 2.05) is 26.2 Å². The van der Waals surface area contributed by atoms with Crippen molar-refractivity contribution in [2.75, 3.05) is 18.0 Å². The van der Waals surface area contributed by atoms with Gasteiger partial charge in [0.25, 0.3) is 0 Å². The van der Waals surface area contributed by atoms with Gasteiger partial charge in [0.2, 0.25) is 0 Å². The fraction of sp³-hybridized carbons (Fsp3) is 0.417. The summed E-state index contributed by atoms with van der Waals surface area (Å²) in [5.41, 5.74) is 3.85. The molecule has 44 heavy (non-hydrogen) atoms. The second kappa shape index (κ2) is 18.7. The summed E-state index contributed by atoms with van der Waals surface area (Å²) >= 11 is 1.51. The number of carboxylic acids is 1. The first-order chi connectivity index (χ1) is 21.1. The number of nitrogens with zero attached hydrogens (tertiary/aromatic N) is 3. The van der Waals surface area contributed by atoms with Crippen LogP contribution >= 0.6 is 11.3 Å². The largest absolute Gasteiger partial charge is 0.485 e. The Morgan fingerprint density at radius 3 is 2.41 bits per heavy atom. The number of carboxylic acid groups (broad SMARTS) is 1. The van der Waals surface area contributed by atoms with Crippen molar-refractivity contribution in [1.82, 2.24) is 9.97 Å². The molecule has 0 fully saturated rings. The van der Waals surface area contributed by atoms with Crippen LogP contribution in [0.2, 0.25) is 0 Å². The summed E-state index contributed by atoms with van der Waals surface area (Å²) in [4.78, 5) is 21.9. The number of aromatic nitrogens is 2. The lowest BCUT2D eigenvalue weighted by Crippen LogP contribution is -2.39. The Labute approximate surface area is 267 Å². The van der Waals surface area contributed by atoms with E-state index in [1.54, 1.807) is 0 Å². The zero-order valence-corrected chi connectivity index (χ0v) is 27.5. The number of pyridine rings is 1. The lowest BCUT2D eigenvalue weighted by molar-refractivity contribution is 0.0695. The monoisotopic (exact) mass is 617 g/mol. The van der Waals surface area contributed by atoms with Gasteiger partial charge < -0.3 is 19.8 Å². The number of ether oxygens (including phenoxy) is 1. The molecule has 8 heteroatoms. The van der Waals surface area contributed by atoms with E-state index in [1.165, 1.54) is 61.0 Å². The van der Waals surface area contributed by atoms with Gasteiger partial charge in [0.05, 0.1) is 23.1 Å². The summed E-state index contributed by atoms with van der Waals surface area (Å²) in [6.45, 7) is 11.7.